The van der Waals surface area contributed by atoms with E-state index in [0.717, 1.165) is 31.6 Å². The standard InChI is InChI=1S/C21H19F3N4/c22-21(23,24)18-7-3-4-15(12-18)13-26-19-8-10-25-20(27-19)28-11-9-16-5-1-2-6-17(16)14-28/h1-8,10,12H,9,11,13-14H2,(H,25,26,27). The third-order valence-corrected chi connectivity index (χ3v) is 4.78. The fourth-order valence-electron chi connectivity index (χ4n) is 3.32. The quantitative estimate of drug-likeness (QED) is 0.710. The van der Waals surface area contributed by atoms with Crippen LogP contribution in [0.3, 0.4) is 0 Å². The molecule has 0 amide bonds. The van der Waals surface area contributed by atoms with Crippen LogP contribution in [0, 0.1) is 0 Å². The highest BCUT2D eigenvalue weighted by molar-refractivity contribution is 5.45. The summed E-state index contributed by atoms with van der Waals surface area (Å²) in [5.74, 6) is 1.20. The SMILES string of the molecule is FC(F)(F)c1cccc(CNc2ccnc(N3CCc4ccccc4C3)n2)c1. The zero-order valence-corrected chi connectivity index (χ0v) is 15.1. The second-order valence-electron chi connectivity index (χ2n) is 6.73. The van der Waals surface area contributed by atoms with Gasteiger partial charge in [0.1, 0.15) is 5.82 Å². The molecule has 0 aliphatic carbocycles. The molecule has 1 aromatic heterocycles. The number of alkyl halides is 3. The third kappa shape index (κ3) is 4.08. The highest BCUT2D eigenvalue weighted by Gasteiger charge is 2.30. The number of nitrogens with zero attached hydrogens (tertiary/aromatic N) is 3. The van der Waals surface area contributed by atoms with E-state index >= 15 is 0 Å². The van der Waals surface area contributed by atoms with E-state index in [1.54, 1.807) is 18.3 Å². The summed E-state index contributed by atoms with van der Waals surface area (Å²) in [6.45, 7) is 1.82. The van der Waals surface area contributed by atoms with E-state index in [-0.39, 0.29) is 6.54 Å². The van der Waals surface area contributed by atoms with Crippen molar-refractivity contribution in [3.63, 3.8) is 0 Å². The molecule has 1 N–H and O–H groups in total. The fourth-order valence-corrected chi connectivity index (χ4v) is 3.32. The second-order valence-corrected chi connectivity index (χ2v) is 6.73. The normalized spacial score (nSPS) is 13.9. The Morgan fingerprint density at radius 3 is 2.64 bits per heavy atom. The van der Waals surface area contributed by atoms with Crippen LogP contribution >= 0.6 is 0 Å². The van der Waals surface area contributed by atoms with Crippen molar-refractivity contribution in [1.29, 1.82) is 0 Å². The van der Waals surface area contributed by atoms with Crippen LogP contribution in [-0.4, -0.2) is 16.5 Å². The highest BCUT2D eigenvalue weighted by Crippen LogP contribution is 2.29. The zero-order valence-electron chi connectivity index (χ0n) is 15.1. The van der Waals surface area contributed by atoms with Gasteiger partial charge in [-0.15, -0.1) is 0 Å². The van der Waals surface area contributed by atoms with Crippen LogP contribution in [-0.2, 0) is 25.7 Å². The summed E-state index contributed by atoms with van der Waals surface area (Å²) in [6.07, 6.45) is -1.75. The van der Waals surface area contributed by atoms with Crippen LogP contribution in [0.25, 0.3) is 0 Å². The molecule has 144 valence electrons. The first-order valence-electron chi connectivity index (χ1n) is 9.04. The molecule has 0 atom stereocenters. The summed E-state index contributed by atoms with van der Waals surface area (Å²) in [5.41, 5.74) is 2.50. The Kier molecular flexibility index (Phi) is 4.90. The molecule has 2 heterocycles. The van der Waals surface area contributed by atoms with Gasteiger partial charge in [0.25, 0.3) is 0 Å². The Hall–Kier alpha value is -3.09. The van der Waals surface area contributed by atoms with Crippen molar-refractivity contribution in [3.8, 4) is 0 Å². The molecule has 4 rings (SSSR count). The summed E-state index contributed by atoms with van der Waals surface area (Å²) < 4.78 is 38.5. The van der Waals surface area contributed by atoms with Gasteiger partial charge >= 0.3 is 6.18 Å². The number of anilines is 2. The second kappa shape index (κ2) is 7.50. The average molecular weight is 384 g/mol. The largest absolute Gasteiger partial charge is 0.416 e. The molecule has 0 saturated carbocycles. The van der Waals surface area contributed by atoms with Crippen LogP contribution in [0.2, 0.25) is 0 Å². The van der Waals surface area contributed by atoms with Gasteiger partial charge in [-0.3, -0.25) is 0 Å². The molecule has 0 bridgehead atoms. The molecule has 0 saturated heterocycles. The van der Waals surface area contributed by atoms with Crippen molar-refractivity contribution in [2.24, 2.45) is 0 Å². The Balaban J connectivity index is 1.45. The van der Waals surface area contributed by atoms with Crippen molar-refractivity contribution < 1.29 is 13.2 Å². The third-order valence-electron chi connectivity index (χ3n) is 4.78. The summed E-state index contributed by atoms with van der Waals surface area (Å²) >= 11 is 0. The van der Waals surface area contributed by atoms with E-state index in [0.29, 0.717) is 17.3 Å². The number of fused-ring (bicyclic) bond motifs is 1. The molecule has 0 unspecified atom stereocenters. The molecule has 0 spiro atoms. The molecule has 28 heavy (non-hydrogen) atoms. The van der Waals surface area contributed by atoms with Gasteiger partial charge in [0.05, 0.1) is 5.56 Å². The summed E-state index contributed by atoms with van der Waals surface area (Å²) in [6, 6.07) is 15.3. The van der Waals surface area contributed by atoms with Gasteiger partial charge in [0.2, 0.25) is 5.95 Å². The number of nitrogens with one attached hydrogen (secondary N) is 1. The molecule has 1 aliphatic heterocycles. The minimum atomic E-state index is -4.34. The molecular formula is C21H19F3N4. The van der Waals surface area contributed by atoms with Gasteiger partial charge in [0, 0.05) is 25.8 Å². The first-order valence-corrected chi connectivity index (χ1v) is 9.04. The van der Waals surface area contributed by atoms with Crippen molar-refractivity contribution >= 4 is 11.8 Å². The lowest BCUT2D eigenvalue weighted by atomic mass is 10.0. The topological polar surface area (TPSA) is 41.1 Å². The lowest BCUT2D eigenvalue weighted by molar-refractivity contribution is -0.137. The summed E-state index contributed by atoms with van der Waals surface area (Å²) in [7, 11) is 0. The van der Waals surface area contributed by atoms with E-state index in [2.05, 4.69) is 32.3 Å². The zero-order chi connectivity index (χ0) is 19.6. The molecule has 3 aromatic rings. The Morgan fingerprint density at radius 2 is 1.82 bits per heavy atom. The van der Waals surface area contributed by atoms with Crippen LogP contribution in [0.4, 0.5) is 24.9 Å². The Morgan fingerprint density at radius 1 is 1.00 bits per heavy atom. The van der Waals surface area contributed by atoms with Crippen LogP contribution in [0.1, 0.15) is 22.3 Å². The van der Waals surface area contributed by atoms with Crippen molar-refractivity contribution in [1.82, 2.24) is 9.97 Å². The fraction of sp³-hybridized carbons (Fsp3) is 0.238. The van der Waals surface area contributed by atoms with Gasteiger partial charge in [-0.1, -0.05) is 36.4 Å². The molecular weight excluding hydrogens is 365 g/mol. The monoisotopic (exact) mass is 384 g/mol. The number of hydrogen-bond donors (Lipinski definition) is 1. The molecule has 0 radical (unpaired) electrons. The molecule has 0 fully saturated rings. The maximum atomic E-state index is 12.8. The minimum Gasteiger partial charge on any atom is -0.366 e. The number of aromatic nitrogens is 2. The van der Waals surface area contributed by atoms with E-state index in [4.69, 9.17) is 0 Å². The van der Waals surface area contributed by atoms with Gasteiger partial charge in [-0.05, 0) is 41.3 Å². The number of rotatable bonds is 4. The van der Waals surface area contributed by atoms with Crippen LogP contribution < -0.4 is 10.2 Å². The van der Waals surface area contributed by atoms with E-state index < -0.39 is 11.7 Å². The van der Waals surface area contributed by atoms with Crippen molar-refractivity contribution in [3.05, 3.63) is 83.0 Å². The van der Waals surface area contributed by atoms with Crippen molar-refractivity contribution in [2.75, 3.05) is 16.8 Å². The smallest absolute Gasteiger partial charge is 0.366 e. The number of hydrogen-bond acceptors (Lipinski definition) is 4. The average Bonchev–Trinajstić information content (AvgIpc) is 2.72. The number of halogens is 3. The first-order chi connectivity index (χ1) is 13.5. The number of benzene rings is 2. The summed E-state index contributed by atoms with van der Waals surface area (Å²) in [5, 5.41) is 3.09. The molecule has 2 aromatic carbocycles. The van der Waals surface area contributed by atoms with Crippen LogP contribution in [0.15, 0.2) is 60.8 Å². The van der Waals surface area contributed by atoms with Gasteiger partial charge in [0.15, 0.2) is 0 Å². The van der Waals surface area contributed by atoms with Gasteiger partial charge in [-0.2, -0.15) is 18.2 Å². The lowest BCUT2D eigenvalue weighted by Gasteiger charge is -2.28. The Labute approximate surface area is 161 Å². The van der Waals surface area contributed by atoms with Gasteiger partial charge < -0.3 is 10.2 Å². The molecule has 1 aliphatic rings. The van der Waals surface area contributed by atoms with E-state index in [1.807, 2.05) is 12.1 Å². The predicted octanol–water partition coefficient (Wildman–Crippen LogP) is 4.67. The van der Waals surface area contributed by atoms with E-state index in [9.17, 15) is 13.2 Å². The predicted molar refractivity (Wildman–Crippen MR) is 102 cm³/mol. The lowest BCUT2D eigenvalue weighted by Crippen LogP contribution is -2.31. The maximum absolute atomic E-state index is 12.8. The van der Waals surface area contributed by atoms with Crippen LogP contribution in [0.5, 0.6) is 0 Å². The Bertz CT molecular complexity index is 972. The first kappa shape index (κ1) is 18.3. The van der Waals surface area contributed by atoms with Crippen molar-refractivity contribution in [2.45, 2.75) is 25.7 Å². The maximum Gasteiger partial charge on any atom is 0.416 e. The minimum absolute atomic E-state index is 0.253. The van der Waals surface area contributed by atoms with Gasteiger partial charge in [-0.25, -0.2) is 4.98 Å². The molecule has 4 nitrogen and oxygen atoms in total. The highest BCUT2D eigenvalue weighted by atomic mass is 19.4. The summed E-state index contributed by atoms with van der Waals surface area (Å²) in [4.78, 5) is 11.0. The van der Waals surface area contributed by atoms with E-state index in [1.165, 1.54) is 17.2 Å². The molecule has 7 heteroatoms.